The summed E-state index contributed by atoms with van der Waals surface area (Å²) >= 11 is 0. The highest BCUT2D eigenvalue weighted by Gasteiger charge is 2.35. The molecule has 0 bridgehead atoms. The largest absolute Gasteiger partial charge is 0.416 e. The van der Waals surface area contributed by atoms with E-state index in [9.17, 15) is 17.6 Å². The van der Waals surface area contributed by atoms with Gasteiger partial charge in [-0.05, 0) is 48.2 Å². The van der Waals surface area contributed by atoms with Gasteiger partial charge in [-0.2, -0.15) is 13.2 Å². The van der Waals surface area contributed by atoms with Gasteiger partial charge in [-0.25, -0.2) is 4.39 Å². The number of benzene rings is 2. The van der Waals surface area contributed by atoms with Gasteiger partial charge in [0.2, 0.25) is 0 Å². The molecule has 0 spiro atoms. The monoisotopic (exact) mass is 551 g/mol. The molecule has 1 saturated heterocycles. The van der Waals surface area contributed by atoms with Gasteiger partial charge in [-0.15, -0.1) is 24.0 Å². The van der Waals surface area contributed by atoms with Crippen LogP contribution in [0.15, 0.2) is 53.5 Å². The third kappa shape index (κ3) is 6.80. The Balaban J connectivity index is 0.00000341. The van der Waals surface area contributed by atoms with E-state index in [1.807, 2.05) is 6.07 Å². The summed E-state index contributed by atoms with van der Waals surface area (Å²) in [5.74, 6) is 0.250. The molecule has 0 atom stereocenters. The van der Waals surface area contributed by atoms with Crippen molar-refractivity contribution in [1.29, 1.82) is 0 Å². The molecular formula is C22H26F4IN3O. The van der Waals surface area contributed by atoms with Gasteiger partial charge >= 0.3 is 6.18 Å². The smallest absolute Gasteiger partial charge is 0.381 e. The third-order valence-electron chi connectivity index (χ3n) is 5.45. The molecular weight excluding hydrogens is 525 g/mol. The highest BCUT2D eigenvalue weighted by molar-refractivity contribution is 14.0. The molecule has 1 fully saturated rings. The molecule has 2 aromatic rings. The Kier molecular flexibility index (Phi) is 9.11. The molecule has 0 radical (unpaired) electrons. The number of hydrogen-bond donors (Lipinski definition) is 2. The quantitative estimate of drug-likeness (QED) is 0.241. The lowest BCUT2D eigenvalue weighted by Crippen LogP contribution is -2.48. The van der Waals surface area contributed by atoms with Crippen molar-refractivity contribution in [3.63, 3.8) is 0 Å². The Labute approximate surface area is 196 Å². The summed E-state index contributed by atoms with van der Waals surface area (Å²) < 4.78 is 57.4. The molecule has 170 valence electrons. The first-order valence-electron chi connectivity index (χ1n) is 9.77. The summed E-state index contributed by atoms with van der Waals surface area (Å²) in [5.41, 5.74) is 0.658. The Morgan fingerprint density at radius 2 is 1.74 bits per heavy atom. The molecule has 0 saturated carbocycles. The summed E-state index contributed by atoms with van der Waals surface area (Å²) in [6.07, 6.45) is -2.85. The first kappa shape index (κ1) is 25.4. The van der Waals surface area contributed by atoms with E-state index in [1.165, 1.54) is 18.2 Å². The highest BCUT2D eigenvalue weighted by atomic mass is 127. The van der Waals surface area contributed by atoms with E-state index in [-0.39, 0.29) is 35.2 Å². The van der Waals surface area contributed by atoms with Gasteiger partial charge in [0.25, 0.3) is 0 Å². The zero-order valence-electron chi connectivity index (χ0n) is 17.1. The zero-order chi connectivity index (χ0) is 21.6. The van der Waals surface area contributed by atoms with E-state index in [0.717, 1.165) is 30.5 Å². The maximum Gasteiger partial charge on any atom is 0.416 e. The average Bonchev–Trinajstić information content (AvgIpc) is 2.74. The molecule has 1 heterocycles. The number of aliphatic imine (C=N–C) groups is 1. The number of rotatable bonds is 5. The first-order chi connectivity index (χ1) is 14.3. The van der Waals surface area contributed by atoms with Gasteiger partial charge in [-0.3, -0.25) is 4.99 Å². The molecule has 2 aromatic carbocycles. The van der Waals surface area contributed by atoms with Crippen molar-refractivity contribution < 1.29 is 22.3 Å². The number of nitrogens with zero attached hydrogens (tertiary/aromatic N) is 1. The zero-order valence-corrected chi connectivity index (χ0v) is 19.5. The van der Waals surface area contributed by atoms with Crippen LogP contribution in [0, 0.1) is 5.82 Å². The van der Waals surface area contributed by atoms with Gasteiger partial charge in [0, 0.05) is 38.8 Å². The fourth-order valence-corrected chi connectivity index (χ4v) is 3.62. The van der Waals surface area contributed by atoms with Crippen molar-refractivity contribution in [3.8, 4) is 0 Å². The van der Waals surface area contributed by atoms with Gasteiger partial charge < -0.3 is 15.4 Å². The van der Waals surface area contributed by atoms with Crippen molar-refractivity contribution in [2.45, 2.75) is 31.0 Å². The maximum absolute atomic E-state index is 13.8. The van der Waals surface area contributed by atoms with Gasteiger partial charge in [-0.1, -0.05) is 24.3 Å². The standard InChI is InChI=1S/C22H25F4N3O.HI/c1-27-20(28-14-16-5-7-17(8-6-16)22(24,25)26)29-15-21(9-11-30-12-10-21)18-3-2-4-19(23)13-18;/h2-8,13H,9-12,14-15H2,1H3,(H2,27,28,29);1H. The predicted octanol–water partition coefficient (Wildman–Crippen LogP) is 4.88. The van der Waals surface area contributed by atoms with Gasteiger partial charge in [0.15, 0.2) is 5.96 Å². The fraction of sp³-hybridized carbons (Fsp3) is 0.409. The average molecular weight is 551 g/mol. The van der Waals surface area contributed by atoms with Crippen LogP contribution in [0.25, 0.3) is 0 Å². The van der Waals surface area contributed by atoms with Crippen LogP contribution in [-0.2, 0) is 22.9 Å². The SMILES string of the molecule is CN=C(NCc1ccc(C(F)(F)F)cc1)NCC1(c2cccc(F)c2)CCOCC1.I. The van der Waals surface area contributed by atoms with E-state index in [4.69, 9.17) is 4.74 Å². The van der Waals surface area contributed by atoms with Crippen LogP contribution in [0.5, 0.6) is 0 Å². The topological polar surface area (TPSA) is 45.7 Å². The third-order valence-corrected chi connectivity index (χ3v) is 5.45. The summed E-state index contributed by atoms with van der Waals surface area (Å²) in [6, 6.07) is 11.6. The number of guanidine groups is 1. The first-order valence-corrected chi connectivity index (χ1v) is 9.77. The molecule has 31 heavy (non-hydrogen) atoms. The van der Waals surface area contributed by atoms with E-state index in [0.29, 0.717) is 37.8 Å². The molecule has 0 unspecified atom stereocenters. The summed E-state index contributed by atoms with van der Waals surface area (Å²) in [7, 11) is 1.63. The normalized spacial score (nSPS) is 16.4. The lowest BCUT2D eigenvalue weighted by molar-refractivity contribution is -0.137. The van der Waals surface area contributed by atoms with Crippen molar-refractivity contribution in [1.82, 2.24) is 10.6 Å². The summed E-state index contributed by atoms with van der Waals surface area (Å²) in [5, 5.41) is 6.40. The molecule has 0 aromatic heterocycles. The van der Waals surface area contributed by atoms with Crippen molar-refractivity contribution in [2.24, 2.45) is 4.99 Å². The Hall–Kier alpha value is -1.88. The lowest BCUT2D eigenvalue weighted by atomic mass is 9.74. The molecule has 1 aliphatic rings. The van der Waals surface area contributed by atoms with Crippen LogP contribution in [0.2, 0.25) is 0 Å². The molecule has 4 nitrogen and oxygen atoms in total. The molecule has 0 aliphatic carbocycles. The Bertz CT molecular complexity index is 866. The number of alkyl halides is 3. The van der Waals surface area contributed by atoms with Crippen molar-refractivity contribution in [3.05, 3.63) is 71.0 Å². The van der Waals surface area contributed by atoms with E-state index < -0.39 is 11.7 Å². The second-order valence-corrected chi connectivity index (χ2v) is 7.38. The molecule has 1 aliphatic heterocycles. The number of halogens is 5. The van der Waals surface area contributed by atoms with Crippen molar-refractivity contribution >= 4 is 29.9 Å². The van der Waals surface area contributed by atoms with Crippen molar-refractivity contribution in [2.75, 3.05) is 26.8 Å². The Morgan fingerprint density at radius 3 is 2.32 bits per heavy atom. The van der Waals surface area contributed by atoms with Gasteiger partial charge in [0.1, 0.15) is 5.82 Å². The summed E-state index contributed by atoms with van der Waals surface area (Å²) in [6.45, 7) is 2.05. The molecule has 3 rings (SSSR count). The van der Waals surface area contributed by atoms with Gasteiger partial charge in [0.05, 0.1) is 5.56 Å². The number of ether oxygens (including phenoxy) is 1. The minimum absolute atomic E-state index is 0. The second kappa shape index (κ2) is 11.1. The lowest BCUT2D eigenvalue weighted by Gasteiger charge is -2.38. The van der Waals surface area contributed by atoms with Crippen LogP contribution in [0.4, 0.5) is 17.6 Å². The molecule has 9 heteroatoms. The minimum Gasteiger partial charge on any atom is -0.381 e. The van der Waals surface area contributed by atoms with Crippen LogP contribution >= 0.6 is 24.0 Å². The Morgan fingerprint density at radius 1 is 1.06 bits per heavy atom. The van der Waals surface area contributed by atoms with Crippen LogP contribution in [-0.4, -0.2) is 32.8 Å². The van der Waals surface area contributed by atoms with Crippen LogP contribution in [0.1, 0.15) is 29.5 Å². The number of hydrogen-bond acceptors (Lipinski definition) is 2. The predicted molar refractivity (Wildman–Crippen MR) is 123 cm³/mol. The molecule has 0 amide bonds. The number of nitrogens with one attached hydrogen (secondary N) is 2. The van der Waals surface area contributed by atoms with E-state index in [1.54, 1.807) is 19.2 Å². The van der Waals surface area contributed by atoms with Crippen LogP contribution in [0.3, 0.4) is 0 Å². The maximum atomic E-state index is 13.8. The minimum atomic E-state index is -4.35. The van der Waals surface area contributed by atoms with E-state index in [2.05, 4.69) is 15.6 Å². The summed E-state index contributed by atoms with van der Waals surface area (Å²) in [4.78, 5) is 4.20. The van der Waals surface area contributed by atoms with E-state index >= 15 is 0 Å². The molecule has 2 N–H and O–H groups in total. The fourth-order valence-electron chi connectivity index (χ4n) is 3.62. The van der Waals surface area contributed by atoms with Crippen LogP contribution < -0.4 is 10.6 Å². The highest BCUT2D eigenvalue weighted by Crippen LogP contribution is 2.34. The second-order valence-electron chi connectivity index (χ2n) is 7.38.